The Labute approximate surface area is 134 Å². The summed E-state index contributed by atoms with van der Waals surface area (Å²) in [4.78, 5) is 13.8. The largest absolute Gasteiger partial charge is 0.741 e. The molecule has 0 saturated carbocycles. The highest BCUT2D eigenvalue weighted by Gasteiger charge is 2.36. The summed E-state index contributed by atoms with van der Waals surface area (Å²) in [5, 5.41) is 11.2. The minimum Gasteiger partial charge on any atom is -0.741 e. The number of fused-ring (bicyclic) bond motifs is 3. The molecule has 1 aliphatic rings. The standard InChI is InChI=1S/C13H9NO2.CHF3O3S/c15-13(16)12-7-10-9-4-2-1-3-8(9)5-6-11(10)14-12;2-1(3,4)8(5,6)7/h1-6H,7H2,(H,15,16);(H,5,6,7). The zero-order valence-electron chi connectivity index (χ0n) is 11.8. The van der Waals surface area contributed by atoms with Gasteiger partial charge in [0, 0.05) is 11.6 Å². The molecule has 128 valence electrons. The van der Waals surface area contributed by atoms with E-state index in [0.29, 0.717) is 12.1 Å². The van der Waals surface area contributed by atoms with Crippen molar-refractivity contribution in [1.82, 2.24) is 0 Å². The second kappa shape index (κ2) is 6.21. The van der Waals surface area contributed by atoms with Gasteiger partial charge in [-0.3, -0.25) is 0 Å². The number of halogens is 3. The molecule has 1 aliphatic heterocycles. The van der Waals surface area contributed by atoms with Crippen molar-refractivity contribution in [3.63, 3.8) is 0 Å². The van der Waals surface area contributed by atoms with Gasteiger partial charge in [-0.25, -0.2) is 18.2 Å². The van der Waals surface area contributed by atoms with Gasteiger partial charge in [-0.15, -0.1) is 0 Å². The van der Waals surface area contributed by atoms with Gasteiger partial charge in [0.2, 0.25) is 5.69 Å². The van der Waals surface area contributed by atoms with E-state index in [-0.39, 0.29) is 0 Å². The number of carboxylic acid groups (broad SMARTS) is 1. The highest BCUT2D eigenvalue weighted by Crippen LogP contribution is 2.25. The summed E-state index contributed by atoms with van der Waals surface area (Å²) in [7, 11) is -6.09. The molecule has 2 aromatic carbocycles. The zero-order chi connectivity index (χ0) is 18.1. The maximum atomic E-state index is 10.9. The molecular weight excluding hydrogens is 351 g/mol. The van der Waals surface area contributed by atoms with Gasteiger partial charge in [0.15, 0.2) is 10.1 Å². The highest BCUT2D eigenvalue weighted by molar-refractivity contribution is 7.86. The molecule has 0 radical (unpaired) electrons. The SMILES string of the molecule is O=C(O)C1=[NH+]c2ccc3ccccc3c2C1.O=S(=O)([O-])C(F)(F)F. The molecule has 0 aliphatic carbocycles. The number of nitrogens with one attached hydrogen (secondary N) is 1. The van der Waals surface area contributed by atoms with Crippen molar-refractivity contribution in [3.05, 3.63) is 42.0 Å². The highest BCUT2D eigenvalue weighted by atomic mass is 32.2. The summed E-state index contributed by atoms with van der Waals surface area (Å²) >= 11 is 0. The van der Waals surface area contributed by atoms with E-state index in [1.807, 2.05) is 36.4 Å². The van der Waals surface area contributed by atoms with Gasteiger partial charge in [-0.2, -0.15) is 13.2 Å². The minimum atomic E-state index is -6.09. The second-order valence-corrected chi connectivity index (χ2v) is 6.17. The van der Waals surface area contributed by atoms with Crippen LogP contribution in [0.1, 0.15) is 5.56 Å². The van der Waals surface area contributed by atoms with Crippen LogP contribution in [0.15, 0.2) is 36.4 Å². The van der Waals surface area contributed by atoms with Crippen LogP contribution in [-0.4, -0.2) is 35.3 Å². The fourth-order valence-electron chi connectivity index (χ4n) is 2.16. The quantitative estimate of drug-likeness (QED) is 0.574. The number of hydrogen-bond acceptors (Lipinski definition) is 4. The molecule has 0 fully saturated rings. The van der Waals surface area contributed by atoms with Crippen molar-refractivity contribution < 1.29 is 41.0 Å². The van der Waals surface area contributed by atoms with Crippen molar-refractivity contribution in [2.24, 2.45) is 0 Å². The van der Waals surface area contributed by atoms with Crippen molar-refractivity contribution in [1.29, 1.82) is 0 Å². The van der Waals surface area contributed by atoms with Crippen LogP contribution in [0, 0.1) is 0 Å². The molecule has 2 aromatic rings. The predicted octanol–water partition coefficient (Wildman–Crippen LogP) is 0.685. The van der Waals surface area contributed by atoms with Crippen LogP contribution < -0.4 is 4.99 Å². The summed E-state index contributed by atoms with van der Waals surface area (Å²) in [5.74, 6) is -0.875. The first-order valence-electron chi connectivity index (χ1n) is 6.39. The summed E-state index contributed by atoms with van der Waals surface area (Å²) in [6.45, 7) is 0. The molecule has 0 unspecified atom stereocenters. The van der Waals surface area contributed by atoms with E-state index in [1.54, 1.807) is 0 Å². The van der Waals surface area contributed by atoms with Crippen LogP contribution >= 0.6 is 0 Å². The van der Waals surface area contributed by atoms with E-state index < -0.39 is 21.6 Å². The first-order chi connectivity index (χ1) is 11.0. The second-order valence-electron chi connectivity index (χ2n) is 4.80. The van der Waals surface area contributed by atoms with Crippen LogP contribution in [0.3, 0.4) is 0 Å². The Bertz CT molecular complexity index is 935. The molecule has 3 rings (SSSR count). The van der Waals surface area contributed by atoms with Gasteiger partial charge in [0.25, 0.3) is 5.71 Å². The summed E-state index contributed by atoms with van der Waals surface area (Å²) < 4.78 is 58.9. The fraction of sp³-hybridized carbons (Fsp3) is 0.143. The number of hydrogen-bond donors (Lipinski definition) is 2. The van der Waals surface area contributed by atoms with Crippen LogP contribution in [-0.2, 0) is 21.3 Å². The third kappa shape index (κ3) is 3.71. The fourth-order valence-corrected chi connectivity index (χ4v) is 2.16. The molecule has 1 heterocycles. The Morgan fingerprint density at radius 3 is 2.29 bits per heavy atom. The minimum absolute atomic E-state index is 0.353. The smallest absolute Gasteiger partial charge is 0.485 e. The third-order valence-electron chi connectivity index (χ3n) is 3.22. The molecule has 6 nitrogen and oxygen atoms in total. The van der Waals surface area contributed by atoms with E-state index >= 15 is 0 Å². The molecule has 0 aromatic heterocycles. The van der Waals surface area contributed by atoms with Gasteiger partial charge in [0.05, 0.1) is 6.42 Å². The average molecular weight is 361 g/mol. The Hall–Kier alpha value is -2.46. The third-order valence-corrected chi connectivity index (χ3v) is 3.79. The molecule has 0 bridgehead atoms. The predicted molar refractivity (Wildman–Crippen MR) is 76.7 cm³/mol. The summed E-state index contributed by atoms with van der Waals surface area (Å²) in [5.41, 5.74) is -3.30. The van der Waals surface area contributed by atoms with Crippen LogP contribution in [0.2, 0.25) is 0 Å². The average Bonchev–Trinajstić information content (AvgIpc) is 2.90. The van der Waals surface area contributed by atoms with Crippen molar-refractivity contribution in [2.45, 2.75) is 11.9 Å². The molecule has 2 N–H and O–H groups in total. The van der Waals surface area contributed by atoms with E-state index in [9.17, 15) is 18.0 Å². The molecular formula is C14H10F3NO5S. The number of rotatable bonds is 1. The monoisotopic (exact) mass is 361 g/mol. The Kier molecular flexibility index (Phi) is 4.63. The van der Waals surface area contributed by atoms with Gasteiger partial charge >= 0.3 is 11.5 Å². The number of aliphatic carboxylic acids is 1. The van der Waals surface area contributed by atoms with Crippen LogP contribution in [0.4, 0.5) is 18.9 Å². The van der Waals surface area contributed by atoms with E-state index in [1.165, 1.54) is 0 Å². The molecule has 0 spiro atoms. The van der Waals surface area contributed by atoms with Crippen molar-refractivity contribution in [3.8, 4) is 0 Å². The topological polar surface area (TPSA) is 108 Å². The Balaban J connectivity index is 0.000000224. The first kappa shape index (κ1) is 17.9. The Morgan fingerprint density at radius 2 is 1.75 bits per heavy atom. The summed E-state index contributed by atoms with van der Waals surface area (Å²) in [6, 6.07) is 12.0. The number of alkyl halides is 3. The molecule has 0 saturated heterocycles. The first-order valence-corrected chi connectivity index (χ1v) is 7.80. The Morgan fingerprint density at radius 1 is 1.17 bits per heavy atom. The maximum absolute atomic E-state index is 10.9. The van der Waals surface area contributed by atoms with Crippen LogP contribution in [0.25, 0.3) is 10.8 Å². The van der Waals surface area contributed by atoms with Gasteiger partial charge in [-0.1, -0.05) is 24.3 Å². The summed E-state index contributed by atoms with van der Waals surface area (Å²) in [6.07, 6.45) is 0.478. The number of carbonyl (C=O) groups is 1. The maximum Gasteiger partial charge on any atom is 0.485 e. The molecule has 0 amide bonds. The van der Waals surface area contributed by atoms with E-state index in [4.69, 9.17) is 18.1 Å². The molecule has 0 atom stereocenters. The molecule has 10 heteroatoms. The van der Waals surface area contributed by atoms with Crippen molar-refractivity contribution >= 4 is 38.3 Å². The zero-order valence-corrected chi connectivity index (χ0v) is 12.6. The normalized spacial score (nSPS) is 13.8. The lowest BCUT2D eigenvalue weighted by Crippen LogP contribution is -2.66. The lowest BCUT2D eigenvalue weighted by molar-refractivity contribution is -0.349. The van der Waals surface area contributed by atoms with Gasteiger partial charge < -0.3 is 9.66 Å². The van der Waals surface area contributed by atoms with E-state index in [0.717, 1.165) is 22.0 Å². The number of carboxylic acids is 1. The van der Waals surface area contributed by atoms with Gasteiger partial charge in [0.1, 0.15) is 0 Å². The molecule has 24 heavy (non-hydrogen) atoms. The lowest BCUT2D eigenvalue weighted by Gasteiger charge is -2.08. The number of benzene rings is 2. The lowest BCUT2D eigenvalue weighted by atomic mass is 10.0. The van der Waals surface area contributed by atoms with Gasteiger partial charge in [-0.05, 0) is 16.8 Å². The van der Waals surface area contributed by atoms with Crippen molar-refractivity contribution in [2.75, 3.05) is 0 Å². The van der Waals surface area contributed by atoms with E-state index in [2.05, 4.69) is 4.99 Å². The van der Waals surface area contributed by atoms with Crippen LogP contribution in [0.5, 0.6) is 0 Å².